The van der Waals surface area contributed by atoms with Gasteiger partial charge in [0.2, 0.25) is 0 Å². The van der Waals surface area contributed by atoms with Crippen LogP contribution in [0.25, 0.3) is 0 Å². The minimum Gasteiger partial charge on any atom is -0.371 e. The lowest BCUT2D eigenvalue weighted by molar-refractivity contribution is -0.152. The average Bonchev–Trinajstić information content (AvgIpc) is 1.98. The van der Waals surface area contributed by atoms with Crippen molar-refractivity contribution in [2.45, 2.75) is 12.8 Å². The van der Waals surface area contributed by atoms with Crippen molar-refractivity contribution in [2.24, 2.45) is 5.14 Å². The summed E-state index contributed by atoms with van der Waals surface area (Å²) >= 11 is 0. The third-order valence-corrected chi connectivity index (χ3v) is 1.38. The maximum atomic E-state index is 10.7. The number of carbonyl (C=O) groups is 2. The monoisotopic (exact) mass is 226 g/mol. The highest BCUT2D eigenvalue weighted by Crippen LogP contribution is 1.96. The molecule has 0 aromatic heterocycles. The van der Waals surface area contributed by atoms with Gasteiger partial charge in [0, 0.05) is 7.05 Å². The maximum Gasteiger partial charge on any atom is 0.382 e. The number of nitrogens with two attached hydrogens (primary N) is 1. The van der Waals surface area contributed by atoms with E-state index in [9.17, 15) is 18.0 Å². The van der Waals surface area contributed by atoms with Crippen LogP contribution in [-0.4, -0.2) is 27.4 Å². The number of hydrogen-bond acceptors (Lipinski definition) is 7. The van der Waals surface area contributed by atoms with E-state index in [1.807, 2.05) is 0 Å². The Morgan fingerprint density at radius 3 is 2.21 bits per heavy atom. The van der Waals surface area contributed by atoms with Gasteiger partial charge in [-0.1, -0.05) is 0 Å². The summed E-state index contributed by atoms with van der Waals surface area (Å²) in [4.78, 5) is 25.5. The van der Waals surface area contributed by atoms with Crippen molar-refractivity contribution >= 4 is 22.2 Å². The molecule has 0 atom stereocenters. The van der Waals surface area contributed by atoms with Gasteiger partial charge in [0.25, 0.3) is 0 Å². The molecule has 0 aliphatic heterocycles. The van der Waals surface area contributed by atoms with Crippen LogP contribution in [0.3, 0.4) is 0 Å². The molecule has 0 radical (unpaired) electrons. The highest BCUT2D eigenvalue weighted by atomic mass is 32.2. The second-order valence-corrected chi connectivity index (χ2v) is 3.28. The van der Waals surface area contributed by atoms with Gasteiger partial charge in [0.05, 0.1) is 12.8 Å². The summed E-state index contributed by atoms with van der Waals surface area (Å²) in [5, 5.41) is 4.40. The van der Waals surface area contributed by atoms with Crippen molar-refractivity contribution < 1.29 is 27.0 Å². The molecule has 0 heterocycles. The zero-order valence-corrected chi connectivity index (χ0v) is 8.17. The molecule has 0 saturated heterocycles. The molecule has 82 valence electrons. The molecule has 0 rings (SSSR count). The van der Waals surface area contributed by atoms with Crippen molar-refractivity contribution in [3.8, 4) is 0 Å². The summed E-state index contributed by atoms with van der Waals surface area (Å²) < 4.78 is 24.2. The number of carbonyl (C=O) groups excluding carboxylic acids is 2. The van der Waals surface area contributed by atoms with Gasteiger partial charge in [-0.25, -0.2) is 0 Å². The molecule has 0 amide bonds. The lowest BCUT2D eigenvalue weighted by atomic mass is 10.3. The first-order valence-electron chi connectivity index (χ1n) is 3.46. The van der Waals surface area contributed by atoms with Crippen molar-refractivity contribution in [3.05, 3.63) is 0 Å². The van der Waals surface area contributed by atoms with Crippen LogP contribution < -0.4 is 10.6 Å². The summed E-state index contributed by atoms with van der Waals surface area (Å²) in [6.07, 6.45) is -0.716. The van der Waals surface area contributed by atoms with Crippen molar-refractivity contribution in [3.63, 3.8) is 0 Å². The van der Waals surface area contributed by atoms with Gasteiger partial charge in [-0.2, -0.15) is 19.0 Å². The van der Waals surface area contributed by atoms with Gasteiger partial charge in [-0.15, -0.1) is 0 Å². The van der Waals surface area contributed by atoms with E-state index in [1.165, 1.54) is 7.05 Å². The van der Waals surface area contributed by atoms with E-state index in [0.717, 1.165) is 0 Å². The van der Waals surface area contributed by atoms with E-state index in [4.69, 9.17) is 0 Å². The van der Waals surface area contributed by atoms with Crippen molar-refractivity contribution in [2.75, 3.05) is 7.05 Å². The molecular weight excluding hydrogens is 216 g/mol. The first-order valence-corrected chi connectivity index (χ1v) is 4.93. The van der Waals surface area contributed by atoms with E-state index in [1.54, 1.807) is 0 Å². The van der Waals surface area contributed by atoms with E-state index in [0.29, 0.717) is 0 Å². The van der Waals surface area contributed by atoms with Gasteiger partial charge in [-0.3, -0.25) is 9.59 Å². The number of rotatable bonds is 5. The molecule has 0 bridgehead atoms. The minimum absolute atomic E-state index is 0.296. The number of hydroxylamine groups is 1. The van der Waals surface area contributed by atoms with Crippen LogP contribution in [0.5, 0.6) is 0 Å². The molecule has 3 N–H and O–H groups in total. The van der Waals surface area contributed by atoms with Crippen LogP contribution in [0.4, 0.5) is 0 Å². The first-order chi connectivity index (χ1) is 6.35. The highest BCUT2D eigenvalue weighted by Gasteiger charge is 2.13. The molecule has 8 nitrogen and oxygen atoms in total. The lowest BCUT2D eigenvalue weighted by Gasteiger charge is -2.01. The van der Waals surface area contributed by atoms with E-state index >= 15 is 0 Å². The molecule has 14 heavy (non-hydrogen) atoms. The molecule has 0 spiro atoms. The second-order valence-electron chi connectivity index (χ2n) is 2.13. The Bertz CT molecular complexity index is 310. The Morgan fingerprint density at radius 1 is 1.29 bits per heavy atom. The predicted octanol–water partition coefficient (Wildman–Crippen LogP) is -1.81. The summed E-state index contributed by atoms with van der Waals surface area (Å²) in [5.41, 5.74) is 2.09. The highest BCUT2D eigenvalue weighted by molar-refractivity contribution is 7.84. The largest absolute Gasteiger partial charge is 0.382 e. The van der Waals surface area contributed by atoms with Crippen LogP contribution >= 0.6 is 0 Å². The molecule has 9 heteroatoms. The van der Waals surface area contributed by atoms with Gasteiger partial charge in [0.1, 0.15) is 0 Å². The SMILES string of the molecule is CNOC(=O)CCC(=O)OS(N)(=O)=O. The van der Waals surface area contributed by atoms with Crippen molar-refractivity contribution in [1.29, 1.82) is 0 Å². The first kappa shape index (κ1) is 12.8. The predicted molar refractivity (Wildman–Crippen MR) is 43.6 cm³/mol. The molecule has 0 aliphatic carbocycles. The fourth-order valence-corrected chi connectivity index (χ4v) is 0.883. The fraction of sp³-hybridized carbons (Fsp3) is 0.600. The lowest BCUT2D eigenvalue weighted by Crippen LogP contribution is -2.22. The molecule has 0 saturated carbocycles. The normalized spacial score (nSPS) is 10.7. The zero-order chi connectivity index (χ0) is 11.2. The van der Waals surface area contributed by atoms with Crippen LogP contribution in [0.1, 0.15) is 12.8 Å². The standard InChI is InChI=1S/C5H10N2O6S/c1-7-12-4(8)2-3-5(9)13-14(6,10)11/h7H,2-3H2,1H3,(H2,6,10,11). The smallest absolute Gasteiger partial charge is 0.371 e. The quantitative estimate of drug-likeness (QED) is 0.529. The van der Waals surface area contributed by atoms with Crippen molar-refractivity contribution in [1.82, 2.24) is 5.48 Å². The maximum absolute atomic E-state index is 10.7. The summed E-state index contributed by atoms with van der Waals surface area (Å²) in [6, 6.07) is 0. The Hall–Kier alpha value is -1.19. The van der Waals surface area contributed by atoms with E-state index < -0.39 is 28.7 Å². The summed E-state index contributed by atoms with van der Waals surface area (Å²) in [7, 11) is -2.94. The average molecular weight is 226 g/mol. The van der Waals surface area contributed by atoms with Crippen LogP contribution in [-0.2, 0) is 28.9 Å². The molecular formula is C5H10N2O6S. The topological polar surface area (TPSA) is 125 Å². The Kier molecular flexibility index (Phi) is 5.05. The van der Waals surface area contributed by atoms with E-state index in [2.05, 4.69) is 19.6 Å². The van der Waals surface area contributed by atoms with Crippen LogP contribution in [0, 0.1) is 0 Å². The van der Waals surface area contributed by atoms with Gasteiger partial charge in [0.15, 0.2) is 0 Å². The molecule has 0 aromatic rings. The Morgan fingerprint density at radius 2 is 1.79 bits per heavy atom. The Labute approximate surface area is 80.6 Å². The van der Waals surface area contributed by atoms with Gasteiger partial charge >= 0.3 is 22.2 Å². The molecule has 0 aromatic carbocycles. The van der Waals surface area contributed by atoms with Crippen LogP contribution in [0.2, 0.25) is 0 Å². The zero-order valence-electron chi connectivity index (χ0n) is 7.35. The molecule has 0 unspecified atom stereocenters. The van der Waals surface area contributed by atoms with E-state index in [-0.39, 0.29) is 6.42 Å². The minimum atomic E-state index is -4.30. The summed E-state index contributed by atoms with van der Waals surface area (Å²) in [6.45, 7) is 0. The van der Waals surface area contributed by atoms with Gasteiger partial charge < -0.3 is 9.02 Å². The second kappa shape index (κ2) is 5.52. The third kappa shape index (κ3) is 7.46. The number of nitrogens with one attached hydrogen (secondary N) is 1. The van der Waals surface area contributed by atoms with Crippen LogP contribution in [0.15, 0.2) is 0 Å². The third-order valence-electron chi connectivity index (χ3n) is 0.958. The fourth-order valence-electron chi connectivity index (χ4n) is 0.540. The molecule has 0 fully saturated rings. The summed E-state index contributed by atoms with van der Waals surface area (Å²) in [5.74, 6) is -1.82. The Balaban J connectivity index is 3.81. The number of hydrogen-bond donors (Lipinski definition) is 2. The van der Waals surface area contributed by atoms with Gasteiger partial charge in [-0.05, 0) is 0 Å². The molecule has 0 aliphatic rings.